The number of para-hydroxylation sites is 1. The quantitative estimate of drug-likeness (QED) is 0.805. The molecule has 2 rings (SSSR count). The number of carbonyl (C=O) groups excluding carboxylic acids is 1. The van der Waals surface area contributed by atoms with E-state index in [-0.39, 0.29) is 5.78 Å². The zero-order chi connectivity index (χ0) is 12.8. The molecule has 1 N–H and O–H groups in total. The van der Waals surface area contributed by atoms with Gasteiger partial charge in [-0.25, -0.2) is 0 Å². The molecule has 0 atom stereocenters. The fourth-order valence-corrected chi connectivity index (χ4v) is 1.84. The monoisotopic (exact) mass is 239 g/mol. The molecule has 0 spiro atoms. The number of rotatable bonds is 5. The molecule has 0 radical (unpaired) electrons. The van der Waals surface area contributed by atoms with E-state index in [4.69, 9.17) is 0 Å². The second-order valence-electron chi connectivity index (χ2n) is 4.17. The van der Waals surface area contributed by atoms with Gasteiger partial charge < -0.3 is 5.32 Å². The Morgan fingerprint density at radius 2 is 1.67 bits per heavy atom. The van der Waals surface area contributed by atoms with Crippen LogP contribution in [0.4, 0.5) is 5.69 Å². The molecule has 0 saturated carbocycles. The van der Waals surface area contributed by atoms with E-state index in [0.29, 0.717) is 0 Å². The summed E-state index contributed by atoms with van der Waals surface area (Å²) in [5, 5.41) is 3.29. The van der Waals surface area contributed by atoms with Crippen molar-refractivity contribution in [3.05, 3.63) is 65.7 Å². The maximum absolute atomic E-state index is 12.4. The summed E-state index contributed by atoms with van der Waals surface area (Å²) < 4.78 is 0. The van der Waals surface area contributed by atoms with Crippen LogP contribution in [0, 0.1) is 0 Å². The van der Waals surface area contributed by atoms with Crippen LogP contribution in [0.1, 0.15) is 29.3 Å². The summed E-state index contributed by atoms with van der Waals surface area (Å²) >= 11 is 0. The van der Waals surface area contributed by atoms with Crippen LogP contribution < -0.4 is 5.32 Å². The summed E-state index contributed by atoms with van der Waals surface area (Å²) in [6.45, 7) is 2.98. The molecule has 0 bridgehead atoms. The van der Waals surface area contributed by atoms with Crippen molar-refractivity contribution in [1.82, 2.24) is 0 Å². The molecule has 92 valence electrons. The van der Waals surface area contributed by atoms with Crippen LogP contribution in [0.25, 0.3) is 0 Å². The van der Waals surface area contributed by atoms with Gasteiger partial charge in [0.2, 0.25) is 0 Å². The lowest BCUT2D eigenvalue weighted by atomic mass is 10.0. The standard InChI is InChI=1S/C16H17NO/c1-2-12-17-15-11-7-6-10-14(15)16(18)13-8-4-3-5-9-13/h3-11,17H,2,12H2,1H3. The lowest BCUT2D eigenvalue weighted by Crippen LogP contribution is -2.08. The Balaban J connectivity index is 2.30. The predicted octanol–water partition coefficient (Wildman–Crippen LogP) is 3.74. The summed E-state index contributed by atoms with van der Waals surface area (Å²) in [4.78, 5) is 12.4. The lowest BCUT2D eigenvalue weighted by Gasteiger charge is -2.10. The Labute approximate surface area is 108 Å². The van der Waals surface area contributed by atoms with Crippen LogP contribution in [-0.4, -0.2) is 12.3 Å². The van der Waals surface area contributed by atoms with Crippen molar-refractivity contribution < 1.29 is 4.79 Å². The van der Waals surface area contributed by atoms with E-state index in [2.05, 4.69) is 12.2 Å². The van der Waals surface area contributed by atoms with Crippen molar-refractivity contribution in [1.29, 1.82) is 0 Å². The molecule has 0 fully saturated rings. The third kappa shape index (κ3) is 2.77. The molecule has 2 aromatic rings. The van der Waals surface area contributed by atoms with Crippen LogP contribution >= 0.6 is 0 Å². The van der Waals surface area contributed by atoms with Gasteiger partial charge in [0.1, 0.15) is 0 Å². The van der Waals surface area contributed by atoms with Crippen LogP contribution in [-0.2, 0) is 0 Å². The van der Waals surface area contributed by atoms with Crippen molar-refractivity contribution in [3.63, 3.8) is 0 Å². The molecule has 0 aliphatic heterocycles. The molecule has 18 heavy (non-hydrogen) atoms. The number of hydrogen-bond acceptors (Lipinski definition) is 2. The number of hydrogen-bond donors (Lipinski definition) is 1. The van der Waals surface area contributed by atoms with E-state index in [9.17, 15) is 4.79 Å². The van der Waals surface area contributed by atoms with Crippen molar-refractivity contribution in [2.75, 3.05) is 11.9 Å². The summed E-state index contributed by atoms with van der Waals surface area (Å²) in [5.74, 6) is 0.0646. The van der Waals surface area contributed by atoms with Gasteiger partial charge in [0, 0.05) is 23.4 Å². The number of benzene rings is 2. The highest BCUT2D eigenvalue weighted by molar-refractivity contribution is 6.12. The maximum atomic E-state index is 12.4. The largest absolute Gasteiger partial charge is 0.384 e. The minimum Gasteiger partial charge on any atom is -0.384 e. The number of anilines is 1. The second-order valence-corrected chi connectivity index (χ2v) is 4.17. The summed E-state index contributed by atoms with van der Waals surface area (Å²) in [5.41, 5.74) is 2.37. The van der Waals surface area contributed by atoms with Gasteiger partial charge in [-0.15, -0.1) is 0 Å². The average molecular weight is 239 g/mol. The zero-order valence-corrected chi connectivity index (χ0v) is 10.5. The third-order valence-corrected chi connectivity index (χ3v) is 2.77. The van der Waals surface area contributed by atoms with Crippen molar-refractivity contribution in [2.24, 2.45) is 0 Å². The van der Waals surface area contributed by atoms with E-state index < -0.39 is 0 Å². The summed E-state index contributed by atoms with van der Waals surface area (Å²) in [6.07, 6.45) is 1.04. The highest BCUT2D eigenvalue weighted by Crippen LogP contribution is 2.19. The lowest BCUT2D eigenvalue weighted by molar-refractivity contribution is 0.103. The Morgan fingerprint density at radius 3 is 2.39 bits per heavy atom. The topological polar surface area (TPSA) is 29.1 Å². The summed E-state index contributed by atoms with van der Waals surface area (Å²) in [7, 11) is 0. The third-order valence-electron chi connectivity index (χ3n) is 2.77. The fraction of sp³-hybridized carbons (Fsp3) is 0.188. The second kappa shape index (κ2) is 6.01. The normalized spacial score (nSPS) is 10.1. The van der Waals surface area contributed by atoms with Gasteiger partial charge in [0.15, 0.2) is 5.78 Å². The van der Waals surface area contributed by atoms with Crippen LogP contribution in [0.5, 0.6) is 0 Å². The number of nitrogens with one attached hydrogen (secondary N) is 1. The first-order chi connectivity index (χ1) is 8.83. The van der Waals surface area contributed by atoms with Gasteiger partial charge in [-0.1, -0.05) is 49.4 Å². The molecule has 2 nitrogen and oxygen atoms in total. The van der Waals surface area contributed by atoms with Crippen LogP contribution in [0.3, 0.4) is 0 Å². The van der Waals surface area contributed by atoms with Gasteiger partial charge in [-0.2, -0.15) is 0 Å². The van der Waals surface area contributed by atoms with Crippen molar-refractivity contribution >= 4 is 11.5 Å². The molecular weight excluding hydrogens is 222 g/mol. The average Bonchev–Trinajstić information content (AvgIpc) is 2.45. The van der Waals surface area contributed by atoms with Gasteiger partial charge in [-0.05, 0) is 18.6 Å². The Bertz CT molecular complexity index is 520. The summed E-state index contributed by atoms with van der Waals surface area (Å²) in [6, 6.07) is 17.0. The van der Waals surface area contributed by atoms with E-state index in [0.717, 1.165) is 29.8 Å². The number of ketones is 1. The minimum atomic E-state index is 0.0646. The minimum absolute atomic E-state index is 0.0646. The first kappa shape index (κ1) is 12.4. The molecule has 0 unspecified atom stereocenters. The van der Waals surface area contributed by atoms with Crippen LogP contribution in [0.15, 0.2) is 54.6 Å². The van der Waals surface area contributed by atoms with E-state index in [1.165, 1.54) is 0 Å². The highest BCUT2D eigenvalue weighted by atomic mass is 16.1. The molecule has 0 saturated heterocycles. The first-order valence-electron chi connectivity index (χ1n) is 6.25. The number of carbonyl (C=O) groups is 1. The molecule has 0 aliphatic rings. The molecule has 0 aliphatic carbocycles. The van der Waals surface area contributed by atoms with Gasteiger partial charge in [0.25, 0.3) is 0 Å². The van der Waals surface area contributed by atoms with Crippen LogP contribution in [0.2, 0.25) is 0 Å². The molecule has 0 aromatic heterocycles. The van der Waals surface area contributed by atoms with Gasteiger partial charge in [-0.3, -0.25) is 4.79 Å². The molecule has 0 heterocycles. The smallest absolute Gasteiger partial charge is 0.195 e. The fourth-order valence-electron chi connectivity index (χ4n) is 1.84. The first-order valence-corrected chi connectivity index (χ1v) is 6.25. The maximum Gasteiger partial charge on any atom is 0.195 e. The Hall–Kier alpha value is -2.09. The Morgan fingerprint density at radius 1 is 1.00 bits per heavy atom. The van der Waals surface area contributed by atoms with Gasteiger partial charge >= 0.3 is 0 Å². The highest BCUT2D eigenvalue weighted by Gasteiger charge is 2.12. The van der Waals surface area contributed by atoms with E-state index >= 15 is 0 Å². The van der Waals surface area contributed by atoms with E-state index in [1.807, 2.05) is 54.6 Å². The molecular formula is C16H17NO. The van der Waals surface area contributed by atoms with Gasteiger partial charge in [0.05, 0.1) is 0 Å². The zero-order valence-electron chi connectivity index (χ0n) is 10.5. The SMILES string of the molecule is CCCNc1ccccc1C(=O)c1ccccc1. The molecule has 0 amide bonds. The Kier molecular flexibility index (Phi) is 4.13. The molecule has 2 heteroatoms. The van der Waals surface area contributed by atoms with Crippen molar-refractivity contribution in [2.45, 2.75) is 13.3 Å². The predicted molar refractivity (Wildman–Crippen MR) is 75.1 cm³/mol. The van der Waals surface area contributed by atoms with E-state index in [1.54, 1.807) is 0 Å². The van der Waals surface area contributed by atoms with Crippen molar-refractivity contribution in [3.8, 4) is 0 Å². The molecule has 2 aromatic carbocycles.